The lowest BCUT2D eigenvalue weighted by atomic mass is 9.31. The minimum Gasteiger partial charge on any atom is -0.481 e. The second-order valence-electron chi connectivity index (χ2n) is 23.6. The maximum atomic E-state index is 13.9. The fourth-order valence-corrected chi connectivity index (χ4v) is 16.9. The third-order valence-corrected chi connectivity index (χ3v) is 20.8. The SMILES string of the molecule is CC1(CO)CCC2(C(=O)O)CCC3(C)C(=CCC4C5(C)C(CC6CC(=O)NC6C6(c7cnc[nH]7)CCNC(CO)C6)C(O)C(OC6OCC(O)C(O)C6O)C(C)(CO)C5CCC43C)C2C1. The van der Waals surface area contributed by atoms with Crippen LogP contribution in [0.25, 0.3) is 0 Å². The van der Waals surface area contributed by atoms with E-state index in [2.05, 4.69) is 54.4 Å². The van der Waals surface area contributed by atoms with Gasteiger partial charge in [0, 0.05) is 47.8 Å². The molecule has 3 aliphatic heterocycles. The van der Waals surface area contributed by atoms with E-state index in [0.29, 0.717) is 70.8 Å². The molecular formula is C49H76N4O12. The van der Waals surface area contributed by atoms with Gasteiger partial charge in [-0.3, -0.25) is 9.59 Å². The quantitative estimate of drug-likeness (QED) is 0.119. The van der Waals surface area contributed by atoms with Crippen LogP contribution in [-0.2, 0) is 24.5 Å². The number of carboxylic acid groups (broad SMARTS) is 1. The number of aliphatic carboxylic acids is 1. The van der Waals surface area contributed by atoms with Gasteiger partial charge in [0.05, 0.1) is 43.8 Å². The highest BCUT2D eigenvalue weighted by Gasteiger charge is 2.74. The predicted molar refractivity (Wildman–Crippen MR) is 235 cm³/mol. The number of piperidine rings is 1. The highest BCUT2D eigenvalue weighted by Crippen LogP contribution is 2.77. The molecular weight excluding hydrogens is 837 g/mol. The number of nitrogens with zero attached hydrogens (tertiary/aromatic N) is 1. The summed E-state index contributed by atoms with van der Waals surface area (Å²) in [6.07, 6.45) is 4.38. The van der Waals surface area contributed by atoms with Crippen molar-refractivity contribution in [1.29, 1.82) is 0 Å². The molecule has 3 saturated heterocycles. The van der Waals surface area contributed by atoms with Gasteiger partial charge in [-0.2, -0.15) is 0 Å². The number of carbonyl (C=O) groups is 2. The van der Waals surface area contributed by atoms with Gasteiger partial charge in [-0.15, -0.1) is 0 Å². The van der Waals surface area contributed by atoms with Crippen LogP contribution in [0.4, 0.5) is 0 Å². The Kier molecular flexibility index (Phi) is 12.1. The van der Waals surface area contributed by atoms with Gasteiger partial charge in [0.1, 0.15) is 18.3 Å². The van der Waals surface area contributed by atoms with Crippen LogP contribution in [0.2, 0.25) is 0 Å². The van der Waals surface area contributed by atoms with E-state index in [1.165, 1.54) is 5.57 Å². The Labute approximate surface area is 382 Å². The van der Waals surface area contributed by atoms with Crippen LogP contribution in [0, 0.1) is 62.1 Å². The monoisotopic (exact) mass is 913 g/mol. The summed E-state index contributed by atoms with van der Waals surface area (Å²) in [6, 6.07) is -0.601. The number of allylic oxidation sites excluding steroid dienone is 2. The summed E-state index contributed by atoms with van der Waals surface area (Å²) in [7, 11) is 0. The molecule has 1 aromatic heterocycles. The molecule has 4 saturated carbocycles. The van der Waals surface area contributed by atoms with Crippen LogP contribution in [0.3, 0.4) is 0 Å². The van der Waals surface area contributed by atoms with Gasteiger partial charge in [0.25, 0.3) is 0 Å². The Morgan fingerprint density at radius 3 is 2.35 bits per heavy atom. The van der Waals surface area contributed by atoms with Crippen molar-refractivity contribution in [3.63, 3.8) is 0 Å². The summed E-state index contributed by atoms with van der Waals surface area (Å²) in [4.78, 5) is 35.1. The van der Waals surface area contributed by atoms with E-state index >= 15 is 0 Å². The molecule has 8 aliphatic rings. The first-order chi connectivity index (χ1) is 30.7. The number of imidazole rings is 1. The van der Waals surface area contributed by atoms with E-state index in [-0.39, 0.29) is 79.9 Å². The van der Waals surface area contributed by atoms with Crippen molar-refractivity contribution in [2.24, 2.45) is 62.1 Å². The van der Waals surface area contributed by atoms with Crippen LogP contribution in [0.15, 0.2) is 24.2 Å². The van der Waals surface area contributed by atoms with Crippen molar-refractivity contribution in [3.8, 4) is 0 Å². The molecule has 65 heavy (non-hydrogen) atoms. The fourth-order valence-electron chi connectivity index (χ4n) is 16.9. The Morgan fingerprint density at radius 2 is 1.68 bits per heavy atom. The molecule has 20 atom stereocenters. The number of hydrogen-bond acceptors (Lipinski definition) is 13. The van der Waals surface area contributed by atoms with Gasteiger partial charge in [-0.25, -0.2) is 4.98 Å². The summed E-state index contributed by atoms with van der Waals surface area (Å²) in [6.45, 7) is 10.9. The molecule has 0 spiro atoms. The van der Waals surface area contributed by atoms with E-state index < -0.39 is 81.2 Å². The summed E-state index contributed by atoms with van der Waals surface area (Å²) < 4.78 is 12.5. The average molecular weight is 913 g/mol. The number of aromatic nitrogens is 2. The van der Waals surface area contributed by atoms with E-state index in [4.69, 9.17) is 9.47 Å². The third-order valence-electron chi connectivity index (χ3n) is 20.8. The summed E-state index contributed by atoms with van der Waals surface area (Å²) in [5.74, 6) is -2.21. The first-order valence-corrected chi connectivity index (χ1v) is 24.5. The van der Waals surface area contributed by atoms with Gasteiger partial charge >= 0.3 is 5.97 Å². The van der Waals surface area contributed by atoms with Crippen LogP contribution in [-0.4, -0.2) is 145 Å². The number of nitrogens with one attached hydrogen (secondary N) is 3. The Bertz CT molecular complexity index is 1990. The molecule has 4 heterocycles. The second-order valence-corrected chi connectivity index (χ2v) is 23.6. The number of rotatable bonds is 10. The Balaban J connectivity index is 1.16. The number of hydrogen-bond donors (Lipinski definition) is 11. The van der Waals surface area contributed by atoms with Crippen LogP contribution >= 0.6 is 0 Å². The highest BCUT2D eigenvalue weighted by molar-refractivity contribution is 5.79. The topological polar surface area (TPSA) is 267 Å². The van der Waals surface area contributed by atoms with E-state index in [0.717, 1.165) is 12.1 Å². The Hall–Kier alpha value is -2.51. The number of aliphatic hydroxyl groups is 7. The van der Waals surface area contributed by atoms with Crippen LogP contribution < -0.4 is 10.6 Å². The number of fused-ring (bicyclic) bond motifs is 7. The average Bonchev–Trinajstić information content (AvgIpc) is 3.97. The minimum absolute atomic E-state index is 0.00774. The van der Waals surface area contributed by atoms with Gasteiger partial charge < -0.3 is 65.9 Å². The summed E-state index contributed by atoms with van der Waals surface area (Å²) in [5, 5.41) is 96.2. The van der Waals surface area contributed by atoms with Crippen molar-refractivity contribution in [2.45, 2.75) is 166 Å². The molecule has 11 N–H and O–H groups in total. The first-order valence-electron chi connectivity index (χ1n) is 24.5. The molecule has 1 amide bonds. The number of amides is 1. The molecule has 9 rings (SSSR count). The largest absolute Gasteiger partial charge is 0.481 e. The number of H-pyrrole nitrogens is 1. The first kappa shape index (κ1) is 47.6. The zero-order chi connectivity index (χ0) is 46.7. The third kappa shape index (κ3) is 6.83. The summed E-state index contributed by atoms with van der Waals surface area (Å²) in [5.41, 5.74) is -2.42. The molecule has 1 aromatic rings. The minimum atomic E-state index is -1.62. The van der Waals surface area contributed by atoms with E-state index in [9.17, 15) is 50.4 Å². The lowest BCUT2D eigenvalue weighted by Gasteiger charge is -2.73. The van der Waals surface area contributed by atoms with Crippen molar-refractivity contribution < 1.29 is 59.9 Å². The van der Waals surface area contributed by atoms with Gasteiger partial charge in [-0.1, -0.05) is 46.3 Å². The molecule has 16 heteroatoms. The fraction of sp³-hybridized carbons (Fsp3) is 0.857. The second kappa shape index (κ2) is 16.6. The number of carbonyl (C=O) groups excluding carboxylic acids is 1. The lowest BCUT2D eigenvalue weighted by molar-refractivity contribution is -0.340. The zero-order valence-electron chi connectivity index (χ0n) is 38.9. The zero-order valence-corrected chi connectivity index (χ0v) is 38.9. The predicted octanol–water partition coefficient (Wildman–Crippen LogP) is 2.14. The molecule has 7 fully saturated rings. The smallest absolute Gasteiger partial charge is 0.310 e. The van der Waals surface area contributed by atoms with Crippen molar-refractivity contribution in [1.82, 2.24) is 20.6 Å². The van der Waals surface area contributed by atoms with Crippen LogP contribution in [0.1, 0.15) is 117 Å². The standard InChI is InChI=1S/C49H76N4O12/c1-43(23-55)10-12-48(42(62)63)13-11-45(3)28(30(48)19-43)6-7-33-46(45,4)9-8-32-44(2,24-56)40(65-41-38(61)37(60)31(57)22-64-41)36(59)29(47(32,33)5)16-26-17-35(58)53-39(26)49(34-20-50-25-52-34)14-15-51-27(18-49)21-54/h6,20,25-27,29-33,36-41,51,54-57,59-61H,7-19,21-24H2,1-5H3,(H,50,52)(H,53,58)(H,62,63). The van der Waals surface area contributed by atoms with Gasteiger partial charge in [0.15, 0.2) is 6.29 Å². The van der Waals surface area contributed by atoms with Crippen molar-refractivity contribution in [3.05, 3.63) is 29.9 Å². The van der Waals surface area contributed by atoms with E-state index in [1.54, 1.807) is 6.33 Å². The number of aliphatic hydroxyl groups excluding tert-OH is 7. The van der Waals surface area contributed by atoms with E-state index in [1.807, 2.05) is 13.1 Å². The molecule has 0 bridgehead atoms. The number of aromatic amines is 1. The molecule has 0 radical (unpaired) electrons. The molecule has 0 aromatic carbocycles. The normalized spacial score (nSPS) is 52.0. The molecule has 16 nitrogen and oxygen atoms in total. The van der Waals surface area contributed by atoms with Crippen LogP contribution in [0.5, 0.6) is 0 Å². The van der Waals surface area contributed by atoms with Gasteiger partial charge in [-0.05, 0) is 128 Å². The molecule has 5 aliphatic carbocycles. The van der Waals surface area contributed by atoms with Gasteiger partial charge in [0.2, 0.25) is 5.91 Å². The number of carboxylic acids is 1. The molecule has 20 unspecified atom stereocenters. The van der Waals surface area contributed by atoms with Crippen molar-refractivity contribution >= 4 is 11.9 Å². The highest BCUT2D eigenvalue weighted by atomic mass is 16.7. The summed E-state index contributed by atoms with van der Waals surface area (Å²) >= 11 is 0. The lowest BCUT2D eigenvalue weighted by Crippen LogP contribution is -2.72. The maximum absolute atomic E-state index is 13.9. The number of ether oxygens (including phenoxy) is 2. The Morgan fingerprint density at radius 1 is 0.923 bits per heavy atom. The maximum Gasteiger partial charge on any atom is 0.310 e. The van der Waals surface area contributed by atoms with Crippen molar-refractivity contribution in [2.75, 3.05) is 33.0 Å². The molecule has 364 valence electrons.